The molecule has 0 saturated carbocycles. The molecule has 0 atom stereocenters. The molecule has 0 aliphatic heterocycles. The van der Waals surface area contributed by atoms with Crippen LogP contribution in [-0.4, -0.2) is 32.4 Å². The number of rotatable bonds is 4. The zero-order valence-electron chi connectivity index (χ0n) is 11.2. The van der Waals surface area contributed by atoms with Crippen LogP contribution in [0.25, 0.3) is 0 Å². The predicted molar refractivity (Wildman–Crippen MR) is 71.0 cm³/mol. The highest BCUT2D eigenvalue weighted by Crippen LogP contribution is 2.21. The molecule has 0 aromatic carbocycles. The summed E-state index contributed by atoms with van der Waals surface area (Å²) in [7, 11) is -2.22. The number of hydrogen-bond acceptors (Lipinski definition) is 5. The highest BCUT2D eigenvalue weighted by molar-refractivity contribution is 8.06. The number of oxime groups is 1. The van der Waals surface area contributed by atoms with Crippen LogP contribution in [-0.2, 0) is 14.7 Å². The van der Waals surface area contributed by atoms with Gasteiger partial charge in [-0.15, -0.1) is 6.58 Å². The molecule has 7 heteroatoms. The van der Waals surface area contributed by atoms with Crippen molar-refractivity contribution in [3.8, 4) is 0 Å². The fourth-order valence-electron chi connectivity index (χ4n) is 1.04. The molecule has 0 heterocycles. The van der Waals surface area contributed by atoms with Crippen LogP contribution in [0.2, 0.25) is 0 Å². The van der Waals surface area contributed by atoms with E-state index in [9.17, 15) is 13.2 Å². The summed E-state index contributed by atoms with van der Waals surface area (Å²) in [4.78, 5) is 15.4. The van der Waals surface area contributed by atoms with Gasteiger partial charge in [-0.3, -0.25) is 4.84 Å². The molecule has 18 heavy (non-hydrogen) atoms. The summed E-state index contributed by atoms with van der Waals surface area (Å²) in [5.41, 5.74) is -0.293. The van der Waals surface area contributed by atoms with Crippen LogP contribution in [0.1, 0.15) is 27.2 Å². The zero-order chi connectivity index (χ0) is 14.4. The van der Waals surface area contributed by atoms with Crippen molar-refractivity contribution in [3.05, 3.63) is 12.7 Å². The molecule has 0 aromatic heterocycles. The van der Waals surface area contributed by atoms with Gasteiger partial charge in [0.15, 0.2) is 14.9 Å². The Morgan fingerprint density at radius 3 is 2.39 bits per heavy atom. The van der Waals surface area contributed by atoms with E-state index in [-0.39, 0.29) is 22.6 Å². The zero-order valence-corrected chi connectivity index (χ0v) is 12.0. The Morgan fingerprint density at radius 2 is 2.00 bits per heavy atom. The van der Waals surface area contributed by atoms with Crippen LogP contribution < -0.4 is 5.32 Å². The SMILES string of the molecule is C=CCS(=O)(=O)C(CC(C)(C)C)=NOC(=O)NC. The van der Waals surface area contributed by atoms with Gasteiger partial charge in [-0.2, -0.15) is 0 Å². The number of hydrogen-bond donors (Lipinski definition) is 1. The standard InChI is InChI=1S/C11H20N2O4S/c1-6-7-18(15,16)9(8-11(2,3)4)13-17-10(14)12-5/h6H,1,7-8H2,2-5H3,(H,12,14). The smallest absolute Gasteiger partial charge is 0.323 e. The molecule has 0 aromatic rings. The van der Waals surface area contributed by atoms with E-state index in [0.717, 1.165) is 0 Å². The monoisotopic (exact) mass is 276 g/mol. The number of nitrogens with zero attached hydrogens (tertiary/aromatic N) is 1. The molecule has 0 aliphatic carbocycles. The first-order valence-corrected chi connectivity index (χ1v) is 7.07. The van der Waals surface area contributed by atoms with Crippen molar-refractivity contribution in [2.75, 3.05) is 12.8 Å². The molecule has 1 amide bonds. The molecule has 0 saturated heterocycles. The Labute approximate surface area is 108 Å². The van der Waals surface area contributed by atoms with Gasteiger partial charge in [-0.05, 0) is 5.41 Å². The van der Waals surface area contributed by atoms with Crippen LogP contribution in [0.15, 0.2) is 17.8 Å². The third kappa shape index (κ3) is 6.39. The molecular weight excluding hydrogens is 256 g/mol. The summed E-state index contributed by atoms with van der Waals surface area (Å²) in [6, 6.07) is 0. The summed E-state index contributed by atoms with van der Waals surface area (Å²) in [6.45, 7) is 8.98. The average molecular weight is 276 g/mol. The van der Waals surface area contributed by atoms with E-state index >= 15 is 0 Å². The van der Waals surface area contributed by atoms with E-state index in [4.69, 9.17) is 0 Å². The van der Waals surface area contributed by atoms with Gasteiger partial charge >= 0.3 is 6.09 Å². The number of amides is 1. The van der Waals surface area contributed by atoms with Crippen molar-refractivity contribution in [3.63, 3.8) is 0 Å². The second kappa shape index (κ2) is 6.53. The number of nitrogens with one attached hydrogen (secondary N) is 1. The van der Waals surface area contributed by atoms with Crippen molar-refractivity contribution < 1.29 is 18.0 Å². The molecule has 6 nitrogen and oxygen atoms in total. The van der Waals surface area contributed by atoms with Gasteiger partial charge in [0.2, 0.25) is 0 Å². The Balaban J connectivity index is 5.18. The maximum atomic E-state index is 11.9. The number of carbonyl (C=O) groups is 1. The highest BCUT2D eigenvalue weighted by atomic mass is 32.2. The summed E-state index contributed by atoms with van der Waals surface area (Å²) < 4.78 is 23.8. The van der Waals surface area contributed by atoms with Crippen LogP contribution in [0, 0.1) is 5.41 Å². The summed E-state index contributed by atoms with van der Waals surface area (Å²) in [5.74, 6) is -0.237. The van der Waals surface area contributed by atoms with Crippen molar-refractivity contribution in [2.45, 2.75) is 27.2 Å². The molecule has 104 valence electrons. The minimum atomic E-state index is -3.58. The van der Waals surface area contributed by atoms with Crippen LogP contribution >= 0.6 is 0 Å². The van der Waals surface area contributed by atoms with E-state index in [0.29, 0.717) is 0 Å². The molecule has 1 N–H and O–H groups in total. The predicted octanol–water partition coefficient (Wildman–Crippen LogP) is 1.69. The van der Waals surface area contributed by atoms with Gasteiger partial charge in [0.1, 0.15) is 0 Å². The quantitative estimate of drug-likeness (QED) is 0.278. The van der Waals surface area contributed by atoms with E-state index in [2.05, 4.69) is 21.9 Å². The Morgan fingerprint density at radius 1 is 1.44 bits per heavy atom. The van der Waals surface area contributed by atoms with E-state index in [1.807, 2.05) is 20.8 Å². The minimum Gasteiger partial charge on any atom is -0.323 e. The van der Waals surface area contributed by atoms with Gasteiger partial charge in [-0.25, -0.2) is 13.2 Å². The van der Waals surface area contributed by atoms with Gasteiger partial charge in [0.05, 0.1) is 5.75 Å². The molecular formula is C11H20N2O4S. The fraction of sp³-hybridized carbons (Fsp3) is 0.636. The maximum absolute atomic E-state index is 11.9. The molecule has 0 unspecified atom stereocenters. The summed E-state index contributed by atoms with van der Waals surface area (Å²) >= 11 is 0. The molecule has 0 bridgehead atoms. The topological polar surface area (TPSA) is 84.8 Å². The average Bonchev–Trinajstić information content (AvgIpc) is 2.21. The Kier molecular flexibility index (Phi) is 6.04. The van der Waals surface area contributed by atoms with Gasteiger partial charge in [0, 0.05) is 13.5 Å². The van der Waals surface area contributed by atoms with Crippen LogP contribution in [0.3, 0.4) is 0 Å². The van der Waals surface area contributed by atoms with E-state index in [1.165, 1.54) is 13.1 Å². The largest absolute Gasteiger partial charge is 0.433 e. The summed E-state index contributed by atoms with van der Waals surface area (Å²) in [6.07, 6.45) is 0.642. The lowest BCUT2D eigenvalue weighted by atomic mass is 9.93. The normalized spacial score (nSPS) is 13.0. The Bertz CT molecular complexity index is 432. The molecule has 0 fully saturated rings. The molecule has 0 rings (SSSR count). The Hall–Kier alpha value is -1.37. The van der Waals surface area contributed by atoms with Crippen LogP contribution in [0.5, 0.6) is 0 Å². The third-order valence-corrected chi connectivity index (χ3v) is 3.42. The van der Waals surface area contributed by atoms with Gasteiger partial charge < -0.3 is 5.32 Å². The van der Waals surface area contributed by atoms with E-state index < -0.39 is 15.9 Å². The second-order valence-electron chi connectivity index (χ2n) is 4.92. The van der Waals surface area contributed by atoms with Gasteiger partial charge in [-0.1, -0.05) is 32.0 Å². The number of carbonyl (C=O) groups excluding carboxylic acids is 1. The maximum Gasteiger partial charge on any atom is 0.433 e. The lowest BCUT2D eigenvalue weighted by Gasteiger charge is -2.18. The third-order valence-electron chi connectivity index (χ3n) is 1.81. The van der Waals surface area contributed by atoms with Crippen molar-refractivity contribution >= 4 is 21.0 Å². The first kappa shape index (κ1) is 16.6. The first-order valence-electron chi connectivity index (χ1n) is 5.41. The fourth-order valence-corrected chi connectivity index (χ4v) is 2.35. The van der Waals surface area contributed by atoms with Gasteiger partial charge in [0.25, 0.3) is 0 Å². The van der Waals surface area contributed by atoms with Crippen molar-refractivity contribution in [1.82, 2.24) is 5.32 Å². The minimum absolute atomic E-state index is 0.154. The van der Waals surface area contributed by atoms with Crippen molar-refractivity contribution in [1.29, 1.82) is 0 Å². The van der Waals surface area contributed by atoms with Crippen LogP contribution in [0.4, 0.5) is 4.79 Å². The first-order chi connectivity index (χ1) is 8.12. The highest BCUT2D eigenvalue weighted by Gasteiger charge is 2.25. The number of sulfone groups is 1. The van der Waals surface area contributed by atoms with Crippen molar-refractivity contribution in [2.24, 2.45) is 10.6 Å². The lowest BCUT2D eigenvalue weighted by molar-refractivity contribution is 0.153. The molecule has 0 spiro atoms. The van der Waals surface area contributed by atoms with E-state index in [1.54, 1.807) is 0 Å². The lowest BCUT2D eigenvalue weighted by Crippen LogP contribution is -2.25. The summed E-state index contributed by atoms with van der Waals surface area (Å²) in [5, 5.41) is 5.47. The second-order valence-corrected chi connectivity index (χ2v) is 6.96. The molecule has 0 aliphatic rings. The molecule has 0 radical (unpaired) electrons.